The molecule has 0 bridgehead atoms. The number of rotatable bonds is 5. The minimum Gasteiger partial charge on any atom is -0.350 e. The van der Waals surface area contributed by atoms with Crippen LogP contribution in [0.15, 0.2) is 42.5 Å². The molecule has 1 heterocycles. The lowest BCUT2D eigenvalue weighted by Gasteiger charge is -2.23. The van der Waals surface area contributed by atoms with Crippen LogP contribution in [-0.4, -0.2) is 36.5 Å². The van der Waals surface area contributed by atoms with Crippen molar-refractivity contribution < 1.29 is 4.79 Å². The summed E-state index contributed by atoms with van der Waals surface area (Å²) in [5, 5.41) is 12.1. The Balaban J connectivity index is 1.70. The van der Waals surface area contributed by atoms with E-state index in [-0.39, 0.29) is 5.91 Å². The average Bonchev–Trinajstić information content (AvgIpc) is 3.20. The van der Waals surface area contributed by atoms with Crippen LogP contribution in [0.1, 0.15) is 41.3 Å². The molecule has 134 valence electrons. The van der Waals surface area contributed by atoms with Gasteiger partial charge in [-0.1, -0.05) is 18.2 Å². The summed E-state index contributed by atoms with van der Waals surface area (Å²) in [7, 11) is 0. The van der Waals surface area contributed by atoms with E-state index in [0.717, 1.165) is 29.8 Å². The van der Waals surface area contributed by atoms with Gasteiger partial charge in [0.25, 0.3) is 5.91 Å². The molecule has 1 N–H and O–H groups in total. The van der Waals surface area contributed by atoms with Gasteiger partial charge in [0.05, 0.1) is 11.6 Å². The number of nitrogens with zero attached hydrogens (tertiary/aromatic N) is 2. The predicted molar refractivity (Wildman–Crippen MR) is 104 cm³/mol. The summed E-state index contributed by atoms with van der Waals surface area (Å²) in [5.41, 5.74) is 4.39. The highest BCUT2D eigenvalue weighted by Crippen LogP contribution is 2.25. The number of nitrogens with one attached hydrogen (secondary N) is 1. The van der Waals surface area contributed by atoms with Crippen molar-refractivity contribution in [3.8, 4) is 17.2 Å². The maximum atomic E-state index is 12.6. The Hall–Kier alpha value is -2.64. The lowest BCUT2D eigenvalue weighted by molar-refractivity contribution is 0.0940. The number of aryl methyl sites for hydroxylation is 1. The smallest absolute Gasteiger partial charge is 0.251 e. The van der Waals surface area contributed by atoms with Gasteiger partial charge in [-0.05, 0) is 80.7 Å². The zero-order valence-electron chi connectivity index (χ0n) is 15.5. The third-order valence-electron chi connectivity index (χ3n) is 5.11. The summed E-state index contributed by atoms with van der Waals surface area (Å²) in [6.07, 6.45) is 2.51. The molecule has 4 heteroatoms. The summed E-state index contributed by atoms with van der Waals surface area (Å²) in [5.74, 6) is -0.0378. The van der Waals surface area contributed by atoms with Crippen molar-refractivity contribution >= 4 is 5.91 Å². The minimum absolute atomic E-state index is 0.0378. The fourth-order valence-corrected chi connectivity index (χ4v) is 3.54. The topological polar surface area (TPSA) is 56.1 Å². The summed E-state index contributed by atoms with van der Waals surface area (Å²) in [6, 6.07) is 15.8. The molecule has 2 aromatic rings. The first-order valence-corrected chi connectivity index (χ1v) is 9.22. The van der Waals surface area contributed by atoms with Crippen LogP contribution in [0.3, 0.4) is 0 Å². The van der Waals surface area contributed by atoms with Gasteiger partial charge >= 0.3 is 0 Å². The molecule has 3 rings (SSSR count). The van der Waals surface area contributed by atoms with Gasteiger partial charge < -0.3 is 5.32 Å². The molecule has 26 heavy (non-hydrogen) atoms. The van der Waals surface area contributed by atoms with E-state index in [0.29, 0.717) is 23.7 Å². The maximum Gasteiger partial charge on any atom is 0.251 e. The van der Waals surface area contributed by atoms with Crippen molar-refractivity contribution in [2.24, 2.45) is 0 Å². The van der Waals surface area contributed by atoms with Crippen molar-refractivity contribution in [3.63, 3.8) is 0 Å². The molecule has 1 saturated heterocycles. The number of amides is 1. The molecule has 2 aromatic carbocycles. The van der Waals surface area contributed by atoms with E-state index in [2.05, 4.69) is 23.2 Å². The second kappa shape index (κ2) is 8.16. The van der Waals surface area contributed by atoms with E-state index in [9.17, 15) is 4.79 Å². The summed E-state index contributed by atoms with van der Waals surface area (Å²) < 4.78 is 0. The van der Waals surface area contributed by atoms with E-state index in [4.69, 9.17) is 5.26 Å². The van der Waals surface area contributed by atoms with Gasteiger partial charge in [-0.15, -0.1) is 0 Å². The van der Waals surface area contributed by atoms with E-state index >= 15 is 0 Å². The third kappa shape index (κ3) is 4.12. The molecule has 0 aliphatic carbocycles. The van der Waals surface area contributed by atoms with Crippen LogP contribution in [-0.2, 0) is 0 Å². The normalized spacial score (nSPS) is 15.4. The zero-order chi connectivity index (χ0) is 18.5. The monoisotopic (exact) mass is 347 g/mol. The predicted octanol–water partition coefficient (Wildman–Crippen LogP) is 3.75. The Morgan fingerprint density at radius 3 is 2.69 bits per heavy atom. The van der Waals surface area contributed by atoms with Gasteiger partial charge in [-0.2, -0.15) is 5.26 Å². The summed E-state index contributed by atoms with van der Waals surface area (Å²) >= 11 is 0. The Kier molecular flexibility index (Phi) is 5.70. The molecule has 0 saturated carbocycles. The van der Waals surface area contributed by atoms with Gasteiger partial charge in [-0.3, -0.25) is 9.69 Å². The first-order chi connectivity index (χ1) is 12.6. The molecule has 0 radical (unpaired) electrons. The van der Waals surface area contributed by atoms with Gasteiger partial charge in [0.15, 0.2) is 0 Å². The number of carbonyl (C=O) groups excluding carboxylic acids is 1. The van der Waals surface area contributed by atoms with Crippen molar-refractivity contribution in [1.82, 2.24) is 10.2 Å². The Morgan fingerprint density at radius 1 is 1.23 bits per heavy atom. The molecular weight excluding hydrogens is 322 g/mol. The molecule has 0 spiro atoms. The lowest BCUT2D eigenvalue weighted by Crippen LogP contribution is -2.40. The molecule has 1 aliphatic rings. The van der Waals surface area contributed by atoms with E-state index in [1.54, 1.807) is 0 Å². The Labute approximate surface area is 155 Å². The number of hydrogen-bond acceptors (Lipinski definition) is 3. The van der Waals surface area contributed by atoms with Crippen molar-refractivity contribution in [2.45, 2.75) is 32.7 Å². The van der Waals surface area contributed by atoms with Crippen LogP contribution in [0.2, 0.25) is 0 Å². The van der Waals surface area contributed by atoms with Crippen LogP contribution in [0, 0.1) is 18.3 Å². The molecule has 4 nitrogen and oxygen atoms in total. The molecule has 1 fully saturated rings. The number of carbonyl (C=O) groups is 1. The van der Waals surface area contributed by atoms with E-state index in [1.165, 1.54) is 12.8 Å². The van der Waals surface area contributed by atoms with Crippen molar-refractivity contribution in [1.29, 1.82) is 5.26 Å². The largest absolute Gasteiger partial charge is 0.350 e. The fourth-order valence-electron chi connectivity index (χ4n) is 3.54. The first kappa shape index (κ1) is 18.2. The van der Waals surface area contributed by atoms with Crippen LogP contribution in [0.4, 0.5) is 0 Å². The van der Waals surface area contributed by atoms with Crippen LogP contribution >= 0.6 is 0 Å². The van der Waals surface area contributed by atoms with Crippen molar-refractivity contribution in [3.05, 3.63) is 59.2 Å². The fraction of sp³-hybridized carbons (Fsp3) is 0.364. The van der Waals surface area contributed by atoms with Crippen LogP contribution < -0.4 is 5.32 Å². The quantitative estimate of drug-likeness (QED) is 0.896. The van der Waals surface area contributed by atoms with Gasteiger partial charge in [0.1, 0.15) is 0 Å². The molecule has 0 aromatic heterocycles. The lowest BCUT2D eigenvalue weighted by atomic mass is 9.97. The summed E-state index contributed by atoms with van der Waals surface area (Å²) in [4.78, 5) is 15.0. The SMILES string of the molecule is Cc1cc(C#N)ccc1-c1cccc(C(=O)NC[C@@H](C)N2CCCC2)c1. The zero-order valence-corrected chi connectivity index (χ0v) is 15.5. The Bertz CT molecular complexity index is 832. The summed E-state index contributed by atoms with van der Waals surface area (Å²) in [6.45, 7) is 7.08. The molecule has 1 amide bonds. The minimum atomic E-state index is -0.0378. The first-order valence-electron chi connectivity index (χ1n) is 9.22. The highest BCUT2D eigenvalue weighted by Gasteiger charge is 2.18. The number of benzene rings is 2. The number of nitriles is 1. The molecule has 0 unspecified atom stereocenters. The second-order valence-electron chi connectivity index (χ2n) is 7.02. The molecular formula is C22H25N3O. The van der Waals surface area contributed by atoms with Crippen LogP contribution in [0.25, 0.3) is 11.1 Å². The third-order valence-corrected chi connectivity index (χ3v) is 5.11. The van der Waals surface area contributed by atoms with Gasteiger partial charge in [0, 0.05) is 18.2 Å². The van der Waals surface area contributed by atoms with Gasteiger partial charge in [-0.25, -0.2) is 0 Å². The van der Waals surface area contributed by atoms with Gasteiger partial charge in [0.2, 0.25) is 0 Å². The number of hydrogen-bond donors (Lipinski definition) is 1. The van der Waals surface area contributed by atoms with Crippen LogP contribution in [0.5, 0.6) is 0 Å². The Morgan fingerprint density at radius 2 is 2.00 bits per heavy atom. The van der Waals surface area contributed by atoms with E-state index in [1.807, 2.05) is 49.4 Å². The highest BCUT2D eigenvalue weighted by molar-refractivity contribution is 5.95. The maximum absolute atomic E-state index is 12.6. The van der Waals surface area contributed by atoms with E-state index < -0.39 is 0 Å². The highest BCUT2D eigenvalue weighted by atomic mass is 16.1. The average molecular weight is 347 g/mol. The van der Waals surface area contributed by atoms with Crippen molar-refractivity contribution in [2.75, 3.05) is 19.6 Å². The standard InChI is InChI=1S/C22H25N3O/c1-16-12-18(14-23)8-9-21(16)19-6-5-7-20(13-19)22(26)24-15-17(2)25-10-3-4-11-25/h5-9,12-13,17H,3-4,10-11,15H2,1-2H3,(H,24,26)/t17-/m1/s1. The molecule has 1 atom stereocenters. The number of likely N-dealkylation sites (tertiary alicyclic amines) is 1. The second-order valence-corrected chi connectivity index (χ2v) is 7.02. The molecule has 1 aliphatic heterocycles.